The Bertz CT molecular complexity index is 3290. The molecular formula is C47H31N5. The van der Waals surface area contributed by atoms with Crippen molar-refractivity contribution >= 4 is 82.4 Å². The largest absolute Gasteiger partial charge is 0.353 e. The zero-order valence-electron chi connectivity index (χ0n) is 28.2. The van der Waals surface area contributed by atoms with Gasteiger partial charge < -0.3 is 9.55 Å². The number of pyridine rings is 1. The summed E-state index contributed by atoms with van der Waals surface area (Å²) >= 11 is 0. The summed E-state index contributed by atoms with van der Waals surface area (Å²) in [6.45, 7) is 0. The summed E-state index contributed by atoms with van der Waals surface area (Å²) in [4.78, 5) is 9.42. The maximum Gasteiger partial charge on any atom is 0.140 e. The number of hydrogen-bond donors (Lipinski definition) is 1. The predicted molar refractivity (Wildman–Crippen MR) is 216 cm³/mol. The van der Waals surface area contributed by atoms with Crippen LogP contribution in [0.15, 0.2) is 152 Å². The number of aromatic nitrogens is 5. The number of nitrogens with one attached hydrogen (secondary N) is 1. The van der Waals surface area contributed by atoms with Crippen LogP contribution in [-0.2, 0) is 6.42 Å². The average Bonchev–Trinajstić information content (AvgIpc) is 3.95. The SMILES string of the molecule is C1=Cc2c(n(-c3cccc(-n4c5ccccc5c5ccc6c7ccccc7n(-c7ccccc7)c6c54)n3)c3c2ccc2c4ccccc4[nH]c23)CC1. The molecule has 0 unspecified atom stereocenters. The number of benzene rings is 6. The van der Waals surface area contributed by atoms with Gasteiger partial charge in [0.1, 0.15) is 11.6 Å². The maximum atomic E-state index is 5.62. The van der Waals surface area contributed by atoms with E-state index in [9.17, 15) is 0 Å². The third kappa shape index (κ3) is 3.64. The van der Waals surface area contributed by atoms with Crippen molar-refractivity contribution in [2.75, 3.05) is 0 Å². The maximum absolute atomic E-state index is 5.62. The first-order valence-corrected chi connectivity index (χ1v) is 18.1. The highest BCUT2D eigenvalue weighted by Gasteiger charge is 2.25. The highest BCUT2D eigenvalue weighted by atomic mass is 15.2. The molecule has 0 radical (unpaired) electrons. The third-order valence-electron chi connectivity index (χ3n) is 11.2. The molecule has 1 aliphatic rings. The average molecular weight is 666 g/mol. The fraction of sp³-hybridized carbons (Fsp3) is 0.0426. The summed E-state index contributed by atoms with van der Waals surface area (Å²) < 4.78 is 7.26. The highest BCUT2D eigenvalue weighted by molar-refractivity contribution is 6.24. The molecule has 5 nitrogen and oxygen atoms in total. The first-order valence-electron chi connectivity index (χ1n) is 18.1. The molecule has 0 saturated heterocycles. The minimum Gasteiger partial charge on any atom is -0.353 e. The summed E-state index contributed by atoms with van der Waals surface area (Å²) in [6, 6.07) is 52.6. The van der Waals surface area contributed by atoms with E-state index >= 15 is 0 Å². The van der Waals surface area contributed by atoms with Crippen LogP contribution in [-0.4, -0.2) is 23.7 Å². The van der Waals surface area contributed by atoms with Crippen molar-refractivity contribution in [3.05, 3.63) is 163 Å². The summed E-state index contributed by atoms with van der Waals surface area (Å²) in [7, 11) is 0. The summed E-state index contributed by atoms with van der Waals surface area (Å²) in [5.74, 6) is 1.82. The molecule has 12 rings (SSSR count). The molecule has 11 aromatic rings. The lowest BCUT2D eigenvalue weighted by molar-refractivity contribution is 0.867. The van der Waals surface area contributed by atoms with Gasteiger partial charge in [-0.1, -0.05) is 115 Å². The van der Waals surface area contributed by atoms with Gasteiger partial charge in [-0.25, -0.2) is 4.98 Å². The van der Waals surface area contributed by atoms with Crippen molar-refractivity contribution in [1.82, 2.24) is 23.7 Å². The van der Waals surface area contributed by atoms with Crippen molar-refractivity contribution < 1.29 is 0 Å². The van der Waals surface area contributed by atoms with Crippen LogP contribution < -0.4 is 0 Å². The van der Waals surface area contributed by atoms with E-state index < -0.39 is 0 Å². The van der Waals surface area contributed by atoms with Crippen molar-refractivity contribution in [1.29, 1.82) is 0 Å². The van der Waals surface area contributed by atoms with Crippen LogP contribution in [0, 0.1) is 0 Å². The Kier molecular flexibility index (Phi) is 5.55. The Morgan fingerprint density at radius 1 is 0.462 bits per heavy atom. The van der Waals surface area contributed by atoms with Crippen molar-refractivity contribution in [3.63, 3.8) is 0 Å². The van der Waals surface area contributed by atoms with Crippen LogP contribution in [0.5, 0.6) is 0 Å². The van der Waals surface area contributed by atoms with Crippen molar-refractivity contribution in [2.24, 2.45) is 0 Å². The van der Waals surface area contributed by atoms with Gasteiger partial charge in [-0.3, -0.25) is 9.13 Å². The van der Waals surface area contributed by atoms with Crippen molar-refractivity contribution in [2.45, 2.75) is 12.8 Å². The van der Waals surface area contributed by atoms with Gasteiger partial charge in [0.05, 0.1) is 33.1 Å². The molecule has 1 N–H and O–H groups in total. The molecule has 6 aromatic carbocycles. The molecule has 0 atom stereocenters. The minimum atomic E-state index is 0.895. The predicted octanol–water partition coefficient (Wildman–Crippen LogP) is 11.8. The molecule has 0 saturated carbocycles. The second-order valence-electron chi connectivity index (χ2n) is 13.9. The number of rotatable bonds is 3. The second kappa shape index (κ2) is 10.3. The van der Waals surface area contributed by atoms with Gasteiger partial charge in [-0.15, -0.1) is 0 Å². The Labute approximate surface area is 298 Å². The quantitative estimate of drug-likeness (QED) is 0.201. The molecule has 52 heavy (non-hydrogen) atoms. The monoisotopic (exact) mass is 665 g/mol. The van der Waals surface area contributed by atoms with Crippen LogP contribution in [0.2, 0.25) is 0 Å². The lowest BCUT2D eigenvalue weighted by Gasteiger charge is -2.15. The first kappa shape index (κ1) is 27.9. The highest BCUT2D eigenvalue weighted by Crippen LogP contribution is 2.43. The molecule has 1 aliphatic carbocycles. The number of aromatic amines is 1. The van der Waals surface area contributed by atoms with E-state index in [0.29, 0.717) is 0 Å². The van der Waals surface area contributed by atoms with E-state index in [0.717, 1.165) is 52.2 Å². The van der Waals surface area contributed by atoms with Gasteiger partial charge in [0.2, 0.25) is 0 Å². The standard InChI is InChI=1S/C47H31N5/c1-2-13-29(14-3-1)50-39-20-9-5-17-32(39)36-27-28-37-33-18-7-11-22-41(33)52(47(37)46(36)50)43-24-12-23-42(49-43)51-40-21-10-6-16-31(40)35-26-25-34-30-15-4-8-19-38(30)48-44(34)45(35)51/h1-9,11-20,22-28,48H,10,21H2. The third-order valence-corrected chi connectivity index (χ3v) is 11.2. The van der Waals surface area contributed by atoms with Gasteiger partial charge >= 0.3 is 0 Å². The van der Waals surface area contributed by atoms with Gasteiger partial charge in [0.25, 0.3) is 0 Å². The fourth-order valence-corrected chi connectivity index (χ4v) is 9.12. The zero-order valence-corrected chi connectivity index (χ0v) is 28.2. The van der Waals surface area contributed by atoms with Gasteiger partial charge in [0, 0.05) is 60.2 Å². The topological polar surface area (TPSA) is 43.5 Å². The van der Waals surface area contributed by atoms with E-state index in [1.807, 2.05) is 0 Å². The van der Waals surface area contributed by atoms with Crippen LogP contribution >= 0.6 is 0 Å². The minimum absolute atomic E-state index is 0.895. The number of allylic oxidation sites excluding steroid dienone is 1. The van der Waals surface area contributed by atoms with Gasteiger partial charge in [0.15, 0.2) is 0 Å². The Morgan fingerprint density at radius 3 is 1.87 bits per heavy atom. The molecule has 5 heteroatoms. The van der Waals surface area contributed by atoms with Crippen molar-refractivity contribution in [3.8, 4) is 17.3 Å². The van der Waals surface area contributed by atoms with Gasteiger partial charge in [-0.2, -0.15) is 0 Å². The molecule has 0 fully saturated rings. The lowest BCUT2D eigenvalue weighted by Crippen LogP contribution is -2.07. The molecule has 244 valence electrons. The van der Waals surface area contributed by atoms with Crippen LogP contribution in [0.3, 0.4) is 0 Å². The molecule has 5 aromatic heterocycles. The van der Waals surface area contributed by atoms with E-state index in [1.54, 1.807) is 0 Å². The first-order chi connectivity index (χ1) is 25.8. The van der Waals surface area contributed by atoms with Crippen LogP contribution in [0.4, 0.5) is 0 Å². The number of fused-ring (bicyclic) bond motifs is 14. The zero-order chi connectivity index (χ0) is 33.9. The van der Waals surface area contributed by atoms with E-state index in [-0.39, 0.29) is 0 Å². The fourth-order valence-electron chi connectivity index (χ4n) is 9.12. The molecule has 0 bridgehead atoms. The van der Waals surface area contributed by atoms with Gasteiger partial charge in [-0.05, 0) is 55.3 Å². The Balaban J connectivity index is 1.21. The molecular weight excluding hydrogens is 635 g/mol. The van der Waals surface area contributed by atoms with Crippen LogP contribution in [0.1, 0.15) is 17.7 Å². The summed E-state index contributed by atoms with van der Waals surface area (Å²) in [5.41, 5.74) is 11.9. The normalized spacial score (nSPS) is 13.2. The summed E-state index contributed by atoms with van der Waals surface area (Å²) in [5, 5.41) is 8.62. The lowest BCUT2D eigenvalue weighted by atomic mass is 10.0. The Hall–Kier alpha value is -6.85. The number of nitrogens with zero attached hydrogens (tertiary/aromatic N) is 4. The Morgan fingerprint density at radius 2 is 1.08 bits per heavy atom. The molecule has 5 heterocycles. The molecule has 0 aliphatic heterocycles. The number of para-hydroxylation sites is 4. The number of hydrogen-bond acceptors (Lipinski definition) is 1. The van der Waals surface area contributed by atoms with Crippen LogP contribution in [0.25, 0.3) is 99.7 Å². The van der Waals surface area contributed by atoms with E-state index in [2.05, 4.69) is 176 Å². The second-order valence-corrected chi connectivity index (χ2v) is 13.9. The smallest absolute Gasteiger partial charge is 0.140 e. The number of H-pyrrole nitrogens is 1. The van der Waals surface area contributed by atoms with E-state index in [4.69, 9.17) is 4.98 Å². The van der Waals surface area contributed by atoms with E-state index in [1.165, 1.54) is 65.5 Å². The summed E-state index contributed by atoms with van der Waals surface area (Å²) in [6.07, 6.45) is 6.58. The molecule has 0 spiro atoms. The molecule has 0 amide bonds.